The second-order valence-electron chi connectivity index (χ2n) is 9.14. The van der Waals surface area contributed by atoms with Crippen LogP contribution in [-0.4, -0.2) is 24.0 Å². The Morgan fingerprint density at radius 1 is 1.11 bits per heavy atom. The number of rotatable bonds is 6. The Kier molecular flexibility index (Phi) is 5.55. The lowest BCUT2D eigenvalue weighted by Crippen LogP contribution is -2.61. The Hall–Kier alpha value is -1.75. The summed E-state index contributed by atoms with van der Waals surface area (Å²) in [6, 6.07) is 7.20. The fourth-order valence-corrected chi connectivity index (χ4v) is 6.36. The van der Waals surface area contributed by atoms with Gasteiger partial charge in [0, 0.05) is 23.5 Å². The van der Waals surface area contributed by atoms with Crippen molar-refractivity contribution in [1.82, 2.24) is 16.0 Å². The SMILES string of the molecule is CC(NC(=O)CCNC(=O)NC12CC3CC(CC(C3)C1)C2)c1ccccc1Cl. The van der Waals surface area contributed by atoms with Gasteiger partial charge in [0.15, 0.2) is 0 Å². The van der Waals surface area contributed by atoms with Gasteiger partial charge in [0.2, 0.25) is 5.91 Å². The van der Waals surface area contributed by atoms with E-state index in [-0.39, 0.29) is 29.9 Å². The molecule has 1 atom stereocenters. The summed E-state index contributed by atoms with van der Waals surface area (Å²) in [7, 11) is 0. The summed E-state index contributed by atoms with van der Waals surface area (Å²) < 4.78 is 0. The highest BCUT2D eigenvalue weighted by atomic mass is 35.5. The van der Waals surface area contributed by atoms with Crippen LogP contribution in [0, 0.1) is 17.8 Å². The maximum Gasteiger partial charge on any atom is 0.315 e. The van der Waals surface area contributed by atoms with E-state index >= 15 is 0 Å². The number of carbonyl (C=O) groups is 2. The summed E-state index contributed by atoms with van der Waals surface area (Å²) in [5, 5.41) is 9.73. The zero-order chi connectivity index (χ0) is 19.7. The molecule has 4 aliphatic rings. The number of halogens is 1. The number of carbonyl (C=O) groups excluding carboxylic acids is 2. The van der Waals surface area contributed by atoms with Crippen molar-refractivity contribution in [3.63, 3.8) is 0 Å². The molecule has 0 spiro atoms. The van der Waals surface area contributed by atoms with Crippen LogP contribution in [0.15, 0.2) is 24.3 Å². The Balaban J connectivity index is 1.20. The molecule has 5 rings (SSSR count). The van der Waals surface area contributed by atoms with Gasteiger partial charge in [0.25, 0.3) is 0 Å². The molecule has 4 aliphatic carbocycles. The smallest absolute Gasteiger partial charge is 0.315 e. The quantitative estimate of drug-likeness (QED) is 0.666. The summed E-state index contributed by atoms with van der Waals surface area (Å²) in [5.41, 5.74) is 0.893. The average molecular weight is 404 g/mol. The first kappa shape index (κ1) is 19.6. The summed E-state index contributed by atoms with van der Waals surface area (Å²) >= 11 is 6.18. The van der Waals surface area contributed by atoms with Crippen molar-refractivity contribution in [3.8, 4) is 0 Å². The Labute approximate surface area is 172 Å². The molecular weight excluding hydrogens is 374 g/mol. The van der Waals surface area contributed by atoms with Crippen molar-refractivity contribution < 1.29 is 9.59 Å². The van der Waals surface area contributed by atoms with Crippen molar-refractivity contribution in [2.24, 2.45) is 17.8 Å². The molecule has 4 fully saturated rings. The number of hydrogen-bond acceptors (Lipinski definition) is 2. The highest BCUT2D eigenvalue weighted by Gasteiger charge is 2.51. The Morgan fingerprint density at radius 3 is 2.32 bits per heavy atom. The molecule has 152 valence electrons. The van der Waals surface area contributed by atoms with E-state index in [1.807, 2.05) is 31.2 Å². The lowest BCUT2D eigenvalue weighted by molar-refractivity contribution is -0.121. The van der Waals surface area contributed by atoms with Crippen LogP contribution in [0.3, 0.4) is 0 Å². The molecule has 1 aromatic carbocycles. The first-order valence-corrected chi connectivity index (χ1v) is 10.9. The molecule has 0 radical (unpaired) electrons. The summed E-state index contributed by atoms with van der Waals surface area (Å²) in [5.74, 6) is 2.29. The zero-order valence-electron chi connectivity index (χ0n) is 16.5. The van der Waals surface area contributed by atoms with E-state index < -0.39 is 0 Å². The third kappa shape index (κ3) is 4.29. The molecule has 3 amide bonds. The minimum Gasteiger partial charge on any atom is -0.349 e. The Morgan fingerprint density at radius 2 is 1.71 bits per heavy atom. The van der Waals surface area contributed by atoms with Gasteiger partial charge in [-0.1, -0.05) is 29.8 Å². The van der Waals surface area contributed by atoms with E-state index in [4.69, 9.17) is 11.6 Å². The number of nitrogens with one attached hydrogen (secondary N) is 3. The van der Waals surface area contributed by atoms with Crippen LogP contribution in [0.1, 0.15) is 63.5 Å². The van der Waals surface area contributed by atoms with Crippen LogP contribution in [0.4, 0.5) is 4.79 Å². The van der Waals surface area contributed by atoms with Crippen molar-refractivity contribution in [2.45, 2.75) is 63.5 Å². The molecule has 0 aliphatic heterocycles. The van der Waals surface area contributed by atoms with Crippen LogP contribution in [0.2, 0.25) is 5.02 Å². The molecule has 1 unspecified atom stereocenters. The van der Waals surface area contributed by atoms with Crippen molar-refractivity contribution in [3.05, 3.63) is 34.9 Å². The van der Waals surface area contributed by atoms with Crippen LogP contribution >= 0.6 is 11.6 Å². The predicted molar refractivity (Wildman–Crippen MR) is 110 cm³/mol. The lowest BCUT2D eigenvalue weighted by atomic mass is 9.53. The summed E-state index contributed by atoms with van der Waals surface area (Å²) in [6.45, 7) is 2.24. The molecule has 0 saturated heterocycles. The number of benzene rings is 1. The number of urea groups is 1. The normalized spacial score (nSPS) is 31.3. The monoisotopic (exact) mass is 403 g/mol. The number of amides is 3. The van der Waals surface area contributed by atoms with Gasteiger partial charge >= 0.3 is 6.03 Å². The maximum absolute atomic E-state index is 12.4. The van der Waals surface area contributed by atoms with Gasteiger partial charge in [0.1, 0.15) is 0 Å². The second-order valence-corrected chi connectivity index (χ2v) is 9.55. The standard InChI is InChI=1S/C22H30ClN3O2/c1-14(18-4-2-3-5-19(18)23)25-20(27)6-7-24-21(28)26-22-11-15-8-16(12-22)10-17(9-15)13-22/h2-5,14-17H,6-13H2,1H3,(H,25,27)(H2,24,26,28). The highest BCUT2D eigenvalue weighted by molar-refractivity contribution is 6.31. The predicted octanol–water partition coefficient (Wildman–Crippen LogP) is 4.18. The first-order valence-electron chi connectivity index (χ1n) is 10.5. The molecule has 6 heteroatoms. The second kappa shape index (κ2) is 7.94. The van der Waals surface area contributed by atoms with Crippen molar-refractivity contribution in [1.29, 1.82) is 0 Å². The van der Waals surface area contributed by atoms with Crippen LogP contribution in [0.25, 0.3) is 0 Å². The molecule has 0 heterocycles. The van der Waals surface area contributed by atoms with E-state index in [9.17, 15) is 9.59 Å². The summed E-state index contributed by atoms with van der Waals surface area (Å²) in [6.07, 6.45) is 7.70. The van der Waals surface area contributed by atoms with Crippen LogP contribution < -0.4 is 16.0 Å². The molecular formula is C22H30ClN3O2. The molecule has 0 aromatic heterocycles. The first-order chi connectivity index (χ1) is 13.4. The van der Waals surface area contributed by atoms with E-state index in [1.54, 1.807) is 0 Å². The van der Waals surface area contributed by atoms with Crippen molar-refractivity contribution in [2.75, 3.05) is 6.54 Å². The molecule has 3 N–H and O–H groups in total. The van der Waals surface area contributed by atoms with E-state index in [0.717, 1.165) is 42.6 Å². The molecule has 4 saturated carbocycles. The van der Waals surface area contributed by atoms with Gasteiger partial charge < -0.3 is 16.0 Å². The van der Waals surface area contributed by atoms with Gasteiger partial charge in [-0.15, -0.1) is 0 Å². The van der Waals surface area contributed by atoms with E-state index in [1.165, 1.54) is 19.3 Å². The van der Waals surface area contributed by atoms with Gasteiger partial charge in [0.05, 0.1) is 6.04 Å². The molecule has 4 bridgehead atoms. The largest absolute Gasteiger partial charge is 0.349 e. The third-order valence-corrected chi connectivity index (χ3v) is 7.15. The molecule has 1 aromatic rings. The average Bonchev–Trinajstić information content (AvgIpc) is 2.60. The van der Waals surface area contributed by atoms with Crippen molar-refractivity contribution >= 4 is 23.5 Å². The zero-order valence-corrected chi connectivity index (χ0v) is 17.2. The maximum atomic E-state index is 12.4. The highest BCUT2D eigenvalue weighted by Crippen LogP contribution is 2.55. The minimum atomic E-state index is -0.165. The fraction of sp³-hybridized carbons (Fsp3) is 0.636. The minimum absolute atomic E-state index is 0.000333. The van der Waals surface area contributed by atoms with E-state index in [0.29, 0.717) is 11.6 Å². The van der Waals surface area contributed by atoms with Crippen LogP contribution in [0.5, 0.6) is 0 Å². The van der Waals surface area contributed by atoms with Gasteiger partial charge in [-0.25, -0.2) is 4.79 Å². The topological polar surface area (TPSA) is 70.2 Å². The van der Waals surface area contributed by atoms with E-state index in [2.05, 4.69) is 16.0 Å². The Bertz CT molecular complexity index is 716. The van der Waals surface area contributed by atoms with Gasteiger partial charge in [-0.2, -0.15) is 0 Å². The lowest BCUT2D eigenvalue weighted by Gasteiger charge is -2.56. The molecule has 5 nitrogen and oxygen atoms in total. The van der Waals surface area contributed by atoms with Crippen LogP contribution in [-0.2, 0) is 4.79 Å². The molecule has 28 heavy (non-hydrogen) atoms. The fourth-order valence-electron chi connectivity index (χ4n) is 6.06. The number of hydrogen-bond donors (Lipinski definition) is 3. The summed E-state index contributed by atoms with van der Waals surface area (Å²) in [4.78, 5) is 24.6. The van der Waals surface area contributed by atoms with Gasteiger partial charge in [-0.3, -0.25) is 4.79 Å². The third-order valence-electron chi connectivity index (χ3n) is 6.80. The van der Waals surface area contributed by atoms with Gasteiger partial charge in [-0.05, 0) is 74.8 Å².